The third-order valence-electron chi connectivity index (χ3n) is 7.68. The molecule has 0 aromatic heterocycles. The number of hydrogen-bond acceptors (Lipinski definition) is 2. The van der Waals surface area contributed by atoms with Crippen molar-refractivity contribution in [2.45, 2.75) is 96.8 Å². The number of rotatable bonds is 11. The van der Waals surface area contributed by atoms with E-state index in [2.05, 4.69) is 49.4 Å². The first kappa shape index (κ1) is 23.9. The highest BCUT2D eigenvalue weighted by molar-refractivity contribution is 6.06. The first-order valence-electron chi connectivity index (χ1n) is 13.4. The summed E-state index contributed by atoms with van der Waals surface area (Å²) in [5, 5.41) is 0. The van der Waals surface area contributed by atoms with Gasteiger partial charge in [-0.2, -0.15) is 0 Å². The number of carbonyl (C=O) groups excluding carboxylic acids is 1. The summed E-state index contributed by atoms with van der Waals surface area (Å²) in [6.07, 6.45) is 24.3. The summed E-state index contributed by atoms with van der Waals surface area (Å²) < 4.78 is 0. The molecule has 1 fully saturated rings. The van der Waals surface area contributed by atoms with Gasteiger partial charge >= 0.3 is 0 Å². The van der Waals surface area contributed by atoms with Crippen molar-refractivity contribution in [3.05, 3.63) is 71.0 Å². The van der Waals surface area contributed by atoms with Crippen LogP contribution in [0.25, 0.3) is 0 Å². The molecule has 2 nitrogen and oxygen atoms in total. The van der Waals surface area contributed by atoms with Crippen molar-refractivity contribution < 1.29 is 4.79 Å². The van der Waals surface area contributed by atoms with Crippen LogP contribution in [0.4, 0.5) is 0 Å². The Balaban J connectivity index is 1.26. The quantitative estimate of drug-likeness (QED) is 0.317. The summed E-state index contributed by atoms with van der Waals surface area (Å²) in [4.78, 5) is 17.7. The zero-order chi connectivity index (χ0) is 22.9. The zero-order valence-electron chi connectivity index (χ0n) is 20.5. The van der Waals surface area contributed by atoms with Gasteiger partial charge in [-0.25, -0.2) is 0 Å². The highest BCUT2D eigenvalue weighted by Gasteiger charge is 2.30. The van der Waals surface area contributed by atoms with Crippen LogP contribution in [0.3, 0.4) is 0 Å². The second kappa shape index (κ2) is 12.3. The molecule has 1 aromatic rings. The third kappa shape index (κ3) is 6.88. The average Bonchev–Trinajstić information content (AvgIpc) is 3.20. The number of allylic oxidation sites excluding steroid dienone is 5. The lowest BCUT2D eigenvalue weighted by Crippen LogP contribution is -2.25. The van der Waals surface area contributed by atoms with Crippen LogP contribution in [0.2, 0.25) is 0 Å². The zero-order valence-corrected chi connectivity index (χ0v) is 20.5. The van der Waals surface area contributed by atoms with Crippen molar-refractivity contribution in [2.75, 3.05) is 0 Å². The smallest absolute Gasteiger partial charge is 0.133 e. The molecule has 0 radical (unpaired) electrons. The normalized spacial score (nSPS) is 22.3. The van der Waals surface area contributed by atoms with Gasteiger partial charge in [0.15, 0.2) is 0 Å². The second-order valence-electron chi connectivity index (χ2n) is 10.3. The number of aryl methyl sites for hydroxylation is 2. The molecular weight excluding hydrogens is 402 g/mol. The van der Waals surface area contributed by atoms with Gasteiger partial charge in [0.05, 0.1) is 5.71 Å². The third-order valence-corrected chi connectivity index (χ3v) is 7.68. The lowest BCUT2D eigenvalue weighted by Gasteiger charge is -2.30. The van der Waals surface area contributed by atoms with E-state index in [1.54, 1.807) is 0 Å². The Bertz CT molecular complexity index is 932. The van der Waals surface area contributed by atoms with Crippen LogP contribution in [-0.2, 0) is 17.6 Å². The molecule has 3 aliphatic rings. The Morgan fingerprint density at radius 3 is 2.76 bits per heavy atom. The summed E-state index contributed by atoms with van der Waals surface area (Å²) in [6, 6.07) is 8.93. The number of hydrogen-bond donors (Lipinski definition) is 0. The van der Waals surface area contributed by atoms with Gasteiger partial charge in [-0.05, 0) is 74.0 Å². The largest absolute Gasteiger partial charge is 0.300 e. The summed E-state index contributed by atoms with van der Waals surface area (Å²) in [7, 11) is 0. The van der Waals surface area contributed by atoms with E-state index in [9.17, 15) is 4.79 Å². The van der Waals surface area contributed by atoms with Crippen LogP contribution in [0.15, 0.2) is 64.8 Å². The van der Waals surface area contributed by atoms with Gasteiger partial charge in [-0.3, -0.25) is 9.79 Å². The number of benzene rings is 1. The van der Waals surface area contributed by atoms with E-state index in [0.717, 1.165) is 38.5 Å². The summed E-state index contributed by atoms with van der Waals surface area (Å²) in [5.41, 5.74) is 6.96. The highest BCUT2D eigenvalue weighted by Crippen LogP contribution is 2.37. The fourth-order valence-electron chi connectivity index (χ4n) is 5.86. The number of aliphatic imine (C=N–C) groups is 1. The Kier molecular flexibility index (Phi) is 8.92. The molecule has 0 spiro atoms. The molecular formula is C31H41NO. The first-order chi connectivity index (χ1) is 16.2. The van der Waals surface area contributed by atoms with E-state index in [1.807, 2.05) is 6.20 Å². The molecule has 2 atom stereocenters. The summed E-state index contributed by atoms with van der Waals surface area (Å²) in [6.45, 7) is 2.26. The standard InChI is InChI=1S/C31H41NO/c1-2-3-4-5-10-24-11-6-12-25(21-24)18-19-29(33)23-26-13-7-15-28(22-26)31-30-17-8-14-27(30)16-9-20-32-31/h6,8-9,11-12,17,20-21,26,28H,2-5,7,10,13-16,18-19,22-23H2,1H3/t26-,28?/m1/s1. The Labute approximate surface area is 201 Å². The molecule has 0 amide bonds. The Morgan fingerprint density at radius 1 is 1.03 bits per heavy atom. The van der Waals surface area contributed by atoms with Crippen LogP contribution in [0, 0.1) is 11.8 Å². The molecule has 1 aliphatic heterocycles. The number of nitrogens with zero attached hydrogens (tertiary/aromatic N) is 1. The topological polar surface area (TPSA) is 29.4 Å². The second-order valence-corrected chi connectivity index (χ2v) is 10.3. The summed E-state index contributed by atoms with van der Waals surface area (Å²) in [5.74, 6) is 1.47. The van der Waals surface area contributed by atoms with E-state index in [1.165, 1.54) is 72.9 Å². The molecule has 33 heavy (non-hydrogen) atoms. The van der Waals surface area contributed by atoms with Crippen LogP contribution >= 0.6 is 0 Å². The first-order valence-corrected chi connectivity index (χ1v) is 13.4. The molecule has 176 valence electrons. The van der Waals surface area contributed by atoms with E-state index in [0.29, 0.717) is 24.0 Å². The van der Waals surface area contributed by atoms with Crippen molar-refractivity contribution in [3.8, 4) is 0 Å². The molecule has 1 heterocycles. The van der Waals surface area contributed by atoms with Gasteiger partial charge in [0.25, 0.3) is 0 Å². The molecule has 2 aliphatic carbocycles. The van der Waals surface area contributed by atoms with Gasteiger partial charge in [-0.1, -0.05) is 80.7 Å². The monoisotopic (exact) mass is 443 g/mol. The molecule has 0 N–H and O–H groups in total. The SMILES string of the molecule is CCCCCCc1cccc(CCC(=O)C[C@@H]2CCCC(C3=NC=CCC4=C3C=CC4)C2)c1. The van der Waals surface area contributed by atoms with Crippen LogP contribution < -0.4 is 0 Å². The average molecular weight is 444 g/mol. The van der Waals surface area contributed by atoms with E-state index in [-0.39, 0.29) is 0 Å². The van der Waals surface area contributed by atoms with Gasteiger partial charge in [0, 0.05) is 25.0 Å². The molecule has 1 saturated carbocycles. The Hall–Kier alpha value is -2.22. The molecule has 0 bridgehead atoms. The fraction of sp³-hybridized carbons (Fsp3) is 0.548. The number of ketones is 1. The van der Waals surface area contributed by atoms with Gasteiger partial charge in [-0.15, -0.1) is 0 Å². The van der Waals surface area contributed by atoms with Gasteiger partial charge in [0.1, 0.15) is 5.78 Å². The minimum atomic E-state index is 0.442. The van der Waals surface area contributed by atoms with Crippen LogP contribution in [0.5, 0.6) is 0 Å². The summed E-state index contributed by atoms with van der Waals surface area (Å²) >= 11 is 0. The molecule has 4 rings (SSSR count). The predicted molar refractivity (Wildman–Crippen MR) is 140 cm³/mol. The lowest BCUT2D eigenvalue weighted by atomic mass is 9.75. The van der Waals surface area contributed by atoms with Crippen molar-refractivity contribution >= 4 is 11.5 Å². The van der Waals surface area contributed by atoms with E-state index >= 15 is 0 Å². The molecule has 1 aromatic carbocycles. The fourth-order valence-corrected chi connectivity index (χ4v) is 5.86. The van der Waals surface area contributed by atoms with Crippen molar-refractivity contribution in [3.63, 3.8) is 0 Å². The van der Waals surface area contributed by atoms with Gasteiger partial charge in [0.2, 0.25) is 0 Å². The highest BCUT2D eigenvalue weighted by atomic mass is 16.1. The number of Topliss-reactive ketones (excluding diaryl/α,β-unsaturated/α-hetero) is 1. The Morgan fingerprint density at radius 2 is 1.88 bits per heavy atom. The van der Waals surface area contributed by atoms with Gasteiger partial charge < -0.3 is 0 Å². The maximum atomic E-state index is 12.9. The molecule has 2 heteroatoms. The lowest BCUT2D eigenvalue weighted by molar-refractivity contribution is -0.120. The van der Waals surface area contributed by atoms with E-state index in [4.69, 9.17) is 4.99 Å². The minimum absolute atomic E-state index is 0.442. The van der Waals surface area contributed by atoms with Crippen LogP contribution in [0.1, 0.15) is 95.1 Å². The molecule has 1 unspecified atom stereocenters. The number of carbonyl (C=O) groups is 1. The van der Waals surface area contributed by atoms with Crippen molar-refractivity contribution in [1.82, 2.24) is 0 Å². The van der Waals surface area contributed by atoms with Crippen molar-refractivity contribution in [1.29, 1.82) is 0 Å². The van der Waals surface area contributed by atoms with E-state index < -0.39 is 0 Å². The van der Waals surface area contributed by atoms with Crippen molar-refractivity contribution in [2.24, 2.45) is 16.8 Å². The van der Waals surface area contributed by atoms with Crippen LogP contribution in [-0.4, -0.2) is 11.5 Å². The maximum Gasteiger partial charge on any atom is 0.133 e. The minimum Gasteiger partial charge on any atom is -0.300 e. The number of unbranched alkanes of at least 4 members (excludes halogenated alkanes) is 3. The maximum absolute atomic E-state index is 12.9. The molecule has 0 saturated heterocycles. The predicted octanol–water partition coefficient (Wildman–Crippen LogP) is 8.12.